The highest BCUT2D eigenvalue weighted by Gasteiger charge is 2.59. The van der Waals surface area contributed by atoms with Crippen molar-refractivity contribution in [3.05, 3.63) is 12.2 Å². The second-order valence-electron chi connectivity index (χ2n) is 4.30. The molecule has 1 amide bonds. The lowest BCUT2D eigenvalue weighted by Gasteiger charge is -2.20. The van der Waals surface area contributed by atoms with Gasteiger partial charge in [-0.2, -0.15) is 0 Å². The number of likely N-dealkylation sites (tertiary alicyclic amines) is 1. The van der Waals surface area contributed by atoms with Crippen molar-refractivity contribution in [2.75, 3.05) is 20.2 Å². The molecule has 2 aliphatic rings. The summed E-state index contributed by atoms with van der Waals surface area (Å²) in [6.07, 6.45) is 2.10. The smallest absolute Gasteiger partial charge is 0.321 e. The molecule has 1 aliphatic heterocycles. The summed E-state index contributed by atoms with van der Waals surface area (Å²) in [5.41, 5.74) is 0.211. The molecule has 15 heavy (non-hydrogen) atoms. The monoisotopic (exact) mass is 209 g/mol. The normalized spacial score (nSPS) is 22.7. The number of methoxy groups -OCH3 is 1. The molecule has 2 fully saturated rings. The molecule has 0 aromatic carbocycles. The van der Waals surface area contributed by atoms with E-state index in [1.54, 1.807) is 4.90 Å². The molecule has 1 heterocycles. The molecule has 0 aromatic rings. The van der Waals surface area contributed by atoms with Crippen LogP contribution in [-0.4, -0.2) is 37.0 Å². The molecule has 0 N–H and O–H groups in total. The van der Waals surface area contributed by atoms with E-state index >= 15 is 0 Å². The summed E-state index contributed by atoms with van der Waals surface area (Å²) in [4.78, 5) is 25.3. The Balaban J connectivity index is 2.08. The van der Waals surface area contributed by atoms with Crippen molar-refractivity contribution in [1.29, 1.82) is 0 Å². The van der Waals surface area contributed by atoms with Crippen LogP contribution >= 0.6 is 0 Å². The third kappa shape index (κ3) is 1.54. The lowest BCUT2D eigenvalue weighted by atomic mass is 10.1. The van der Waals surface area contributed by atoms with Crippen molar-refractivity contribution < 1.29 is 14.3 Å². The van der Waals surface area contributed by atoms with E-state index in [1.165, 1.54) is 7.11 Å². The van der Waals surface area contributed by atoms with Gasteiger partial charge in [0.25, 0.3) is 0 Å². The van der Waals surface area contributed by atoms with Gasteiger partial charge in [-0.3, -0.25) is 9.59 Å². The molecule has 4 nitrogen and oxygen atoms in total. The minimum atomic E-state index is -0.848. The zero-order chi connectivity index (χ0) is 11.1. The van der Waals surface area contributed by atoms with Crippen LogP contribution in [0.5, 0.6) is 0 Å². The molecule has 4 heteroatoms. The summed E-state index contributed by atoms with van der Waals surface area (Å²) < 4.78 is 4.68. The molecule has 0 radical (unpaired) electrons. The highest BCUT2D eigenvalue weighted by Crippen LogP contribution is 2.48. The van der Waals surface area contributed by atoms with Gasteiger partial charge in [-0.05, 0) is 19.3 Å². The van der Waals surface area contributed by atoms with Crippen LogP contribution in [0.25, 0.3) is 0 Å². The standard InChI is InChI=1S/C11H15NO3/c1-8-3-6-12(7-8)9(13)11(4-5-11)10(14)15-2/h1,3-7H2,2H3. The average Bonchev–Trinajstić information content (AvgIpc) is 2.94. The largest absolute Gasteiger partial charge is 0.468 e. The lowest BCUT2D eigenvalue weighted by molar-refractivity contribution is -0.155. The number of carbonyl (C=O) groups excluding carboxylic acids is 2. The first-order chi connectivity index (χ1) is 7.10. The van der Waals surface area contributed by atoms with Gasteiger partial charge in [-0.25, -0.2) is 0 Å². The van der Waals surface area contributed by atoms with E-state index in [0.29, 0.717) is 25.9 Å². The second kappa shape index (κ2) is 3.36. The summed E-state index contributed by atoms with van der Waals surface area (Å²) in [5.74, 6) is -0.460. The van der Waals surface area contributed by atoms with Crippen LogP contribution in [0.1, 0.15) is 19.3 Å². The minimum absolute atomic E-state index is 0.0759. The summed E-state index contributed by atoms with van der Waals surface area (Å²) in [5, 5.41) is 0. The Morgan fingerprint density at radius 2 is 2.13 bits per heavy atom. The molecule has 1 aliphatic carbocycles. The zero-order valence-electron chi connectivity index (χ0n) is 8.91. The van der Waals surface area contributed by atoms with Crippen molar-refractivity contribution in [2.24, 2.45) is 5.41 Å². The highest BCUT2D eigenvalue weighted by atomic mass is 16.5. The van der Waals surface area contributed by atoms with Crippen LogP contribution in [0.15, 0.2) is 12.2 Å². The first-order valence-corrected chi connectivity index (χ1v) is 5.14. The minimum Gasteiger partial charge on any atom is -0.468 e. The van der Waals surface area contributed by atoms with Crippen LogP contribution in [0.2, 0.25) is 0 Å². The SMILES string of the molecule is C=C1CCN(C(=O)C2(C(=O)OC)CC2)C1. The summed E-state index contributed by atoms with van der Waals surface area (Å²) in [7, 11) is 1.33. The maximum absolute atomic E-state index is 12.1. The van der Waals surface area contributed by atoms with Gasteiger partial charge in [0.2, 0.25) is 5.91 Å². The van der Waals surface area contributed by atoms with Crippen LogP contribution in [0.3, 0.4) is 0 Å². The number of hydrogen-bond donors (Lipinski definition) is 0. The second-order valence-corrected chi connectivity index (χ2v) is 4.30. The predicted molar refractivity (Wildman–Crippen MR) is 54.0 cm³/mol. The van der Waals surface area contributed by atoms with Crippen molar-refractivity contribution in [3.8, 4) is 0 Å². The van der Waals surface area contributed by atoms with Crippen LogP contribution < -0.4 is 0 Å². The molecule has 0 aromatic heterocycles. The van der Waals surface area contributed by atoms with E-state index in [1.807, 2.05) is 0 Å². The lowest BCUT2D eigenvalue weighted by Crippen LogP contribution is -2.39. The van der Waals surface area contributed by atoms with Gasteiger partial charge >= 0.3 is 5.97 Å². The molecule has 0 atom stereocenters. The van der Waals surface area contributed by atoms with Gasteiger partial charge in [0.05, 0.1) is 7.11 Å². The van der Waals surface area contributed by atoms with Gasteiger partial charge in [-0.1, -0.05) is 12.2 Å². The van der Waals surface area contributed by atoms with E-state index in [9.17, 15) is 9.59 Å². The Bertz CT molecular complexity index is 331. The van der Waals surface area contributed by atoms with Crippen molar-refractivity contribution in [1.82, 2.24) is 4.90 Å². The Kier molecular flexibility index (Phi) is 2.29. The number of ether oxygens (including phenoxy) is 1. The predicted octanol–water partition coefficient (Wildman–Crippen LogP) is 0.728. The zero-order valence-corrected chi connectivity index (χ0v) is 8.91. The topological polar surface area (TPSA) is 46.6 Å². The molecular formula is C11H15NO3. The molecule has 1 saturated carbocycles. The molecule has 0 bridgehead atoms. The van der Waals surface area contributed by atoms with Gasteiger partial charge in [0, 0.05) is 13.1 Å². The highest BCUT2D eigenvalue weighted by molar-refractivity contribution is 6.05. The van der Waals surface area contributed by atoms with Gasteiger partial charge in [0.1, 0.15) is 5.41 Å². The summed E-state index contributed by atoms with van der Waals surface area (Å²) >= 11 is 0. The summed E-state index contributed by atoms with van der Waals surface area (Å²) in [6, 6.07) is 0. The van der Waals surface area contributed by atoms with Crippen molar-refractivity contribution in [2.45, 2.75) is 19.3 Å². The van der Waals surface area contributed by atoms with Gasteiger partial charge in [-0.15, -0.1) is 0 Å². The number of esters is 1. The molecule has 2 rings (SSSR count). The van der Waals surface area contributed by atoms with Crippen LogP contribution in [0.4, 0.5) is 0 Å². The molecule has 0 unspecified atom stereocenters. The Morgan fingerprint density at radius 3 is 2.53 bits per heavy atom. The van der Waals surface area contributed by atoms with E-state index in [2.05, 4.69) is 11.3 Å². The average molecular weight is 209 g/mol. The number of carbonyl (C=O) groups is 2. The van der Waals surface area contributed by atoms with Crippen LogP contribution in [0, 0.1) is 5.41 Å². The van der Waals surface area contributed by atoms with Gasteiger partial charge in [0.15, 0.2) is 0 Å². The quantitative estimate of drug-likeness (QED) is 0.382. The fourth-order valence-electron chi connectivity index (χ4n) is 2.02. The third-order valence-corrected chi connectivity index (χ3v) is 3.17. The summed E-state index contributed by atoms with van der Waals surface area (Å²) in [6.45, 7) is 5.13. The van der Waals surface area contributed by atoms with Crippen LogP contribution in [-0.2, 0) is 14.3 Å². The molecule has 0 spiro atoms. The third-order valence-electron chi connectivity index (χ3n) is 3.17. The van der Waals surface area contributed by atoms with Crippen molar-refractivity contribution in [3.63, 3.8) is 0 Å². The Labute approximate surface area is 88.9 Å². The van der Waals surface area contributed by atoms with Gasteiger partial charge < -0.3 is 9.64 Å². The van der Waals surface area contributed by atoms with E-state index in [-0.39, 0.29) is 11.9 Å². The number of nitrogens with zero attached hydrogens (tertiary/aromatic N) is 1. The maximum Gasteiger partial charge on any atom is 0.321 e. The first kappa shape index (κ1) is 10.2. The maximum atomic E-state index is 12.1. The number of hydrogen-bond acceptors (Lipinski definition) is 3. The molecule has 82 valence electrons. The number of rotatable bonds is 2. The fourth-order valence-corrected chi connectivity index (χ4v) is 2.02. The fraction of sp³-hybridized carbons (Fsp3) is 0.636. The molecular weight excluding hydrogens is 194 g/mol. The van der Waals surface area contributed by atoms with E-state index in [4.69, 9.17) is 0 Å². The Morgan fingerprint density at radius 1 is 1.47 bits per heavy atom. The van der Waals surface area contributed by atoms with E-state index < -0.39 is 5.41 Å². The van der Waals surface area contributed by atoms with Crippen molar-refractivity contribution >= 4 is 11.9 Å². The Hall–Kier alpha value is -1.32. The first-order valence-electron chi connectivity index (χ1n) is 5.14. The van der Waals surface area contributed by atoms with E-state index in [0.717, 1.165) is 12.0 Å². The molecule has 1 saturated heterocycles. The number of amides is 1.